The van der Waals surface area contributed by atoms with Crippen molar-refractivity contribution in [2.75, 3.05) is 7.11 Å². The van der Waals surface area contributed by atoms with E-state index in [4.69, 9.17) is 17.3 Å². The standard InChI is InChI=1S/C9H9ClFNO2.ClH/c1-14-9(13)8(12)6-3-2-5(11)4-7(6)10;/h2-4,8H,12H2,1H3;1H/t8-;/m1./s1. The molecule has 1 rings (SSSR count). The fourth-order valence-corrected chi connectivity index (χ4v) is 1.29. The zero-order valence-electron chi connectivity index (χ0n) is 7.87. The highest BCUT2D eigenvalue weighted by Gasteiger charge is 2.18. The van der Waals surface area contributed by atoms with Crippen LogP contribution in [0.25, 0.3) is 0 Å². The predicted octanol–water partition coefficient (Wildman–Crippen LogP) is 2.07. The molecule has 15 heavy (non-hydrogen) atoms. The molecule has 0 aliphatic rings. The van der Waals surface area contributed by atoms with Crippen LogP contribution in [0.4, 0.5) is 4.39 Å². The minimum atomic E-state index is -0.979. The highest BCUT2D eigenvalue weighted by molar-refractivity contribution is 6.31. The molecule has 6 heteroatoms. The van der Waals surface area contributed by atoms with Crippen molar-refractivity contribution in [2.24, 2.45) is 5.73 Å². The van der Waals surface area contributed by atoms with Gasteiger partial charge in [-0.05, 0) is 17.7 Å². The van der Waals surface area contributed by atoms with Crippen molar-refractivity contribution >= 4 is 30.0 Å². The van der Waals surface area contributed by atoms with Crippen LogP contribution in [0.1, 0.15) is 11.6 Å². The van der Waals surface area contributed by atoms with Gasteiger partial charge in [-0.3, -0.25) is 4.79 Å². The summed E-state index contributed by atoms with van der Waals surface area (Å²) in [6.07, 6.45) is 0. The van der Waals surface area contributed by atoms with Gasteiger partial charge in [0.2, 0.25) is 0 Å². The van der Waals surface area contributed by atoms with E-state index in [-0.39, 0.29) is 17.4 Å². The summed E-state index contributed by atoms with van der Waals surface area (Å²) in [6, 6.07) is 2.66. The van der Waals surface area contributed by atoms with Crippen LogP contribution in [0.5, 0.6) is 0 Å². The second kappa shape index (κ2) is 5.90. The minimum absolute atomic E-state index is 0. The van der Waals surface area contributed by atoms with Gasteiger partial charge in [0, 0.05) is 5.02 Å². The van der Waals surface area contributed by atoms with E-state index in [0.29, 0.717) is 5.56 Å². The van der Waals surface area contributed by atoms with Crippen molar-refractivity contribution in [3.63, 3.8) is 0 Å². The highest BCUT2D eigenvalue weighted by atomic mass is 35.5. The van der Waals surface area contributed by atoms with Gasteiger partial charge in [0.25, 0.3) is 0 Å². The number of rotatable bonds is 2. The van der Waals surface area contributed by atoms with E-state index in [9.17, 15) is 9.18 Å². The number of ether oxygens (including phenoxy) is 1. The summed E-state index contributed by atoms with van der Waals surface area (Å²) >= 11 is 5.70. The van der Waals surface area contributed by atoms with Gasteiger partial charge >= 0.3 is 5.97 Å². The van der Waals surface area contributed by atoms with Crippen molar-refractivity contribution in [1.82, 2.24) is 0 Å². The monoisotopic (exact) mass is 253 g/mol. The summed E-state index contributed by atoms with van der Waals surface area (Å²) in [5, 5.41) is 0.114. The molecule has 0 aromatic heterocycles. The summed E-state index contributed by atoms with van der Waals surface area (Å²) in [5.74, 6) is -1.09. The van der Waals surface area contributed by atoms with Crippen molar-refractivity contribution in [3.05, 3.63) is 34.6 Å². The third kappa shape index (κ3) is 3.34. The molecule has 0 heterocycles. The molecule has 0 spiro atoms. The van der Waals surface area contributed by atoms with Crippen LogP contribution in [0.15, 0.2) is 18.2 Å². The summed E-state index contributed by atoms with van der Waals surface area (Å²) in [4.78, 5) is 11.0. The Labute approximate surface area is 97.8 Å². The molecule has 0 unspecified atom stereocenters. The van der Waals surface area contributed by atoms with E-state index in [1.165, 1.54) is 19.2 Å². The molecule has 1 aromatic carbocycles. The molecule has 0 bridgehead atoms. The molecule has 1 aromatic rings. The molecular formula is C9H10Cl2FNO2. The van der Waals surface area contributed by atoms with Crippen molar-refractivity contribution < 1.29 is 13.9 Å². The topological polar surface area (TPSA) is 52.3 Å². The van der Waals surface area contributed by atoms with Gasteiger partial charge in [-0.25, -0.2) is 4.39 Å². The molecule has 0 saturated heterocycles. The maximum Gasteiger partial charge on any atom is 0.327 e. The molecule has 84 valence electrons. The number of halogens is 3. The van der Waals surface area contributed by atoms with Gasteiger partial charge in [-0.2, -0.15) is 0 Å². The zero-order chi connectivity index (χ0) is 10.7. The second-order valence-corrected chi connectivity index (χ2v) is 3.07. The number of carbonyl (C=O) groups is 1. The summed E-state index contributed by atoms with van der Waals surface area (Å²) < 4.78 is 17.1. The second-order valence-electron chi connectivity index (χ2n) is 2.67. The average molecular weight is 254 g/mol. The lowest BCUT2D eigenvalue weighted by Crippen LogP contribution is -2.22. The lowest BCUT2D eigenvalue weighted by molar-refractivity contribution is -0.142. The Hall–Kier alpha value is -0.840. The van der Waals surface area contributed by atoms with Crippen LogP contribution in [-0.2, 0) is 9.53 Å². The average Bonchev–Trinajstić information content (AvgIpc) is 2.15. The number of hydrogen-bond acceptors (Lipinski definition) is 3. The lowest BCUT2D eigenvalue weighted by atomic mass is 10.1. The minimum Gasteiger partial charge on any atom is -0.468 e. The third-order valence-electron chi connectivity index (χ3n) is 1.75. The summed E-state index contributed by atoms with van der Waals surface area (Å²) in [5.41, 5.74) is 5.87. The van der Waals surface area contributed by atoms with Gasteiger partial charge < -0.3 is 10.5 Å². The first-order chi connectivity index (χ1) is 6.56. The van der Waals surface area contributed by atoms with Crippen LogP contribution in [0, 0.1) is 5.82 Å². The van der Waals surface area contributed by atoms with Gasteiger partial charge in [-0.1, -0.05) is 17.7 Å². The summed E-state index contributed by atoms with van der Waals surface area (Å²) in [7, 11) is 1.22. The molecule has 0 aliphatic heterocycles. The number of methoxy groups -OCH3 is 1. The summed E-state index contributed by atoms with van der Waals surface area (Å²) in [6.45, 7) is 0. The fourth-order valence-electron chi connectivity index (χ4n) is 1.01. The highest BCUT2D eigenvalue weighted by Crippen LogP contribution is 2.22. The van der Waals surface area contributed by atoms with Crippen LogP contribution in [-0.4, -0.2) is 13.1 Å². The van der Waals surface area contributed by atoms with Crippen molar-refractivity contribution in [2.45, 2.75) is 6.04 Å². The van der Waals surface area contributed by atoms with E-state index in [1.54, 1.807) is 0 Å². The molecule has 2 N–H and O–H groups in total. The first-order valence-electron chi connectivity index (χ1n) is 3.84. The van der Waals surface area contributed by atoms with Gasteiger partial charge in [0.05, 0.1) is 7.11 Å². The smallest absolute Gasteiger partial charge is 0.327 e. The number of nitrogens with two attached hydrogens (primary N) is 1. The number of benzene rings is 1. The van der Waals surface area contributed by atoms with E-state index in [1.807, 2.05) is 0 Å². The number of esters is 1. The maximum atomic E-state index is 12.7. The Morgan fingerprint density at radius 3 is 2.67 bits per heavy atom. The van der Waals surface area contributed by atoms with Crippen molar-refractivity contribution in [3.8, 4) is 0 Å². The van der Waals surface area contributed by atoms with E-state index in [2.05, 4.69) is 4.74 Å². The first-order valence-corrected chi connectivity index (χ1v) is 4.22. The van der Waals surface area contributed by atoms with E-state index >= 15 is 0 Å². The van der Waals surface area contributed by atoms with Gasteiger partial charge in [-0.15, -0.1) is 12.4 Å². The first kappa shape index (κ1) is 14.2. The molecule has 3 nitrogen and oxygen atoms in total. The Bertz CT molecular complexity index is 360. The molecule has 0 saturated carbocycles. The van der Waals surface area contributed by atoms with Gasteiger partial charge in [0.15, 0.2) is 0 Å². The van der Waals surface area contributed by atoms with Crippen LogP contribution < -0.4 is 5.73 Å². The van der Waals surface area contributed by atoms with Crippen LogP contribution >= 0.6 is 24.0 Å². The Morgan fingerprint density at radius 2 is 2.20 bits per heavy atom. The normalized spacial score (nSPS) is 11.5. The molecule has 0 amide bonds. The van der Waals surface area contributed by atoms with Crippen LogP contribution in [0.2, 0.25) is 5.02 Å². The Morgan fingerprint density at radius 1 is 1.60 bits per heavy atom. The number of carbonyl (C=O) groups excluding carboxylic acids is 1. The number of hydrogen-bond donors (Lipinski definition) is 1. The van der Waals surface area contributed by atoms with E-state index < -0.39 is 17.8 Å². The predicted molar refractivity (Wildman–Crippen MR) is 57.6 cm³/mol. The molecular weight excluding hydrogens is 244 g/mol. The Kier molecular flexibility index (Phi) is 5.57. The Balaban J connectivity index is 0.00000196. The quantitative estimate of drug-likeness (QED) is 0.822. The molecule has 1 atom stereocenters. The van der Waals surface area contributed by atoms with Crippen LogP contribution in [0.3, 0.4) is 0 Å². The molecule has 0 radical (unpaired) electrons. The SMILES string of the molecule is COC(=O)[C@H](N)c1ccc(F)cc1Cl.Cl. The van der Waals surface area contributed by atoms with Gasteiger partial charge in [0.1, 0.15) is 11.9 Å². The zero-order valence-corrected chi connectivity index (χ0v) is 9.44. The molecule has 0 aliphatic carbocycles. The van der Waals surface area contributed by atoms with E-state index in [0.717, 1.165) is 6.07 Å². The largest absolute Gasteiger partial charge is 0.468 e. The fraction of sp³-hybridized carbons (Fsp3) is 0.222. The maximum absolute atomic E-state index is 12.7. The lowest BCUT2D eigenvalue weighted by Gasteiger charge is -2.10. The molecule has 0 fully saturated rings. The van der Waals surface area contributed by atoms with Crippen molar-refractivity contribution in [1.29, 1.82) is 0 Å². The third-order valence-corrected chi connectivity index (χ3v) is 2.08.